The maximum Gasteiger partial charge on any atom is 0.263 e. The summed E-state index contributed by atoms with van der Waals surface area (Å²) in [6, 6.07) is 6.10. The van der Waals surface area contributed by atoms with Crippen molar-refractivity contribution in [3.05, 3.63) is 46.5 Å². The van der Waals surface area contributed by atoms with Crippen molar-refractivity contribution in [1.29, 1.82) is 0 Å². The number of aromatic nitrogens is 5. The molecular weight excluding hydrogens is 355 g/mol. The first-order valence-electron chi connectivity index (χ1n) is 8.35. The molecule has 0 spiro atoms. The Hall–Kier alpha value is -2.68. The van der Waals surface area contributed by atoms with Gasteiger partial charge in [-0.1, -0.05) is 0 Å². The highest BCUT2D eigenvalue weighted by Gasteiger charge is 2.30. The van der Waals surface area contributed by atoms with Gasteiger partial charge < -0.3 is 5.32 Å². The molecule has 1 N–H and O–H groups in total. The van der Waals surface area contributed by atoms with Crippen molar-refractivity contribution < 1.29 is 9.18 Å². The Labute approximate surface area is 153 Å². The molecular formula is C17H17FN6OS. The lowest BCUT2D eigenvalue weighted by Gasteiger charge is -2.12. The largest absolute Gasteiger partial charge is 0.341 e. The summed E-state index contributed by atoms with van der Waals surface area (Å²) in [5.74, 6) is 0.134. The van der Waals surface area contributed by atoms with Crippen LogP contribution in [0.1, 0.15) is 53.0 Å². The molecule has 26 heavy (non-hydrogen) atoms. The molecule has 1 aliphatic rings. The van der Waals surface area contributed by atoms with Crippen molar-refractivity contribution >= 4 is 17.2 Å². The number of nitrogens with one attached hydrogen (secondary N) is 1. The minimum absolute atomic E-state index is 0.216. The standard InChI is InChI=1S/C17H17FN6OS/c1-9-14(26-17(20-9)11-3-5-12(18)6-4-11)16(25)19-10(2)15-21-22-23-24(15)13-7-8-13/h3-6,10,13H,7-8H2,1-2H3,(H,19,25). The minimum atomic E-state index is -0.311. The number of benzene rings is 1. The van der Waals surface area contributed by atoms with Gasteiger partial charge in [0.15, 0.2) is 5.82 Å². The number of hydrogen-bond acceptors (Lipinski definition) is 6. The highest BCUT2D eigenvalue weighted by molar-refractivity contribution is 7.17. The zero-order valence-corrected chi connectivity index (χ0v) is 15.1. The van der Waals surface area contributed by atoms with Crippen LogP contribution in [0, 0.1) is 12.7 Å². The maximum absolute atomic E-state index is 13.1. The molecule has 1 aromatic carbocycles. The zero-order chi connectivity index (χ0) is 18.3. The quantitative estimate of drug-likeness (QED) is 0.744. The van der Waals surface area contributed by atoms with E-state index in [2.05, 4.69) is 25.8 Å². The van der Waals surface area contributed by atoms with Gasteiger partial charge in [-0.25, -0.2) is 14.1 Å². The van der Waals surface area contributed by atoms with E-state index in [1.54, 1.807) is 23.7 Å². The molecule has 1 amide bonds. The lowest BCUT2D eigenvalue weighted by Crippen LogP contribution is -2.28. The number of hydrogen-bond donors (Lipinski definition) is 1. The van der Waals surface area contributed by atoms with Crippen LogP contribution in [0.2, 0.25) is 0 Å². The lowest BCUT2D eigenvalue weighted by atomic mass is 10.2. The van der Waals surface area contributed by atoms with E-state index in [9.17, 15) is 9.18 Å². The van der Waals surface area contributed by atoms with Gasteiger partial charge in [0.25, 0.3) is 5.91 Å². The summed E-state index contributed by atoms with van der Waals surface area (Å²) in [5.41, 5.74) is 1.42. The Morgan fingerprint density at radius 1 is 1.35 bits per heavy atom. The number of amides is 1. The predicted octanol–water partition coefficient (Wildman–Crippen LogP) is 3.07. The SMILES string of the molecule is Cc1nc(-c2ccc(F)cc2)sc1C(=O)NC(C)c1nnnn1C1CC1. The fourth-order valence-corrected chi connectivity index (χ4v) is 3.69. The van der Waals surface area contributed by atoms with Crippen LogP contribution in [0.4, 0.5) is 4.39 Å². The molecule has 9 heteroatoms. The van der Waals surface area contributed by atoms with Gasteiger partial charge in [0, 0.05) is 5.56 Å². The number of carbonyl (C=O) groups excluding carboxylic acids is 1. The molecule has 4 rings (SSSR count). The van der Waals surface area contributed by atoms with Crippen molar-refractivity contribution in [3.8, 4) is 10.6 Å². The first-order chi connectivity index (χ1) is 12.5. The molecule has 2 aromatic heterocycles. The maximum atomic E-state index is 13.1. The Balaban J connectivity index is 1.53. The fraction of sp³-hybridized carbons (Fsp3) is 0.353. The van der Waals surface area contributed by atoms with Crippen LogP contribution in [-0.4, -0.2) is 31.1 Å². The molecule has 7 nitrogen and oxygen atoms in total. The molecule has 0 saturated heterocycles. The van der Waals surface area contributed by atoms with Crippen molar-refractivity contribution in [1.82, 2.24) is 30.5 Å². The highest BCUT2D eigenvalue weighted by Crippen LogP contribution is 2.35. The molecule has 3 aromatic rings. The van der Waals surface area contributed by atoms with Gasteiger partial charge in [-0.15, -0.1) is 16.4 Å². The second-order valence-corrected chi connectivity index (χ2v) is 7.35. The van der Waals surface area contributed by atoms with E-state index in [1.165, 1.54) is 23.5 Å². The number of tetrazole rings is 1. The fourth-order valence-electron chi connectivity index (χ4n) is 2.71. The molecule has 1 atom stereocenters. The molecule has 1 fully saturated rings. The average Bonchev–Trinajstić information content (AvgIpc) is 3.20. The summed E-state index contributed by atoms with van der Waals surface area (Å²) < 4.78 is 14.9. The van der Waals surface area contributed by atoms with Crippen LogP contribution in [0.15, 0.2) is 24.3 Å². The summed E-state index contributed by atoms with van der Waals surface area (Å²) in [5, 5.41) is 15.4. The van der Waals surface area contributed by atoms with E-state index in [1.807, 2.05) is 6.92 Å². The monoisotopic (exact) mass is 372 g/mol. The first-order valence-corrected chi connectivity index (χ1v) is 9.16. The Morgan fingerprint density at radius 3 is 2.77 bits per heavy atom. The molecule has 1 aliphatic carbocycles. The summed E-state index contributed by atoms with van der Waals surface area (Å²) in [4.78, 5) is 17.7. The summed E-state index contributed by atoms with van der Waals surface area (Å²) in [6.07, 6.45) is 2.13. The van der Waals surface area contributed by atoms with Gasteiger partial charge in [0.2, 0.25) is 0 Å². The molecule has 0 bridgehead atoms. The number of aryl methyl sites for hydroxylation is 1. The molecule has 1 unspecified atom stereocenters. The average molecular weight is 372 g/mol. The summed E-state index contributed by atoms with van der Waals surface area (Å²) in [7, 11) is 0. The van der Waals surface area contributed by atoms with E-state index in [0.29, 0.717) is 27.4 Å². The van der Waals surface area contributed by atoms with Crippen molar-refractivity contribution in [3.63, 3.8) is 0 Å². The lowest BCUT2D eigenvalue weighted by molar-refractivity contribution is 0.0940. The first kappa shape index (κ1) is 16.8. The van der Waals surface area contributed by atoms with Crippen LogP contribution in [-0.2, 0) is 0 Å². The van der Waals surface area contributed by atoms with Crippen LogP contribution in [0.5, 0.6) is 0 Å². The van der Waals surface area contributed by atoms with Crippen LogP contribution >= 0.6 is 11.3 Å². The van der Waals surface area contributed by atoms with Crippen LogP contribution < -0.4 is 5.32 Å². The van der Waals surface area contributed by atoms with Crippen molar-refractivity contribution in [2.75, 3.05) is 0 Å². The van der Waals surface area contributed by atoms with Crippen LogP contribution in [0.25, 0.3) is 10.6 Å². The minimum Gasteiger partial charge on any atom is -0.341 e. The van der Waals surface area contributed by atoms with Gasteiger partial charge in [-0.05, 0) is 61.4 Å². The van der Waals surface area contributed by atoms with E-state index in [-0.39, 0.29) is 17.8 Å². The number of thiazole rings is 1. The third kappa shape index (κ3) is 3.22. The number of rotatable bonds is 5. The Kier molecular flexibility index (Phi) is 4.23. The van der Waals surface area contributed by atoms with Gasteiger partial charge in [-0.3, -0.25) is 4.79 Å². The van der Waals surface area contributed by atoms with Crippen molar-refractivity contribution in [2.45, 2.75) is 38.8 Å². The molecule has 2 heterocycles. The smallest absolute Gasteiger partial charge is 0.263 e. The van der Waals surface area contributed by atoms with Crippen molar-refractivity contribution in [2.24, 2.45) is 0 Å². The topological polar surface area (TPSA) is 85.6 Å². The van der Waals surface area contributed by atoms with Gasteiger partial charge >= 0.3 is 0 Å². The third-order valence-corrected chi connectivity index (χ3v) is 5.45. The molecule has 0 radical (unpaired) electrons. The predicted molar refractivity (Wildman–Crippen MR) is 94.2 cm³/mol. The summed E-state index contributed by atoms with van der Waals surface area (Å²) in [6.45, 7) is 3.65. The van der Waals surface area contributed by atoms with Crippen LogP contribution in [0.3, 0.4) is 0 Å². The molecule has 134 valence electrons. The van der Waals surface area contributed by atoms with E-state index >= 15 is 0 Å². The van der Waals surface area contributed by atoms with Gasteiger partial charge in [-0.2, -0.15) is 0 Å². The van der Waals surface area contributed by atoms with Gasteiger partial charge in [0.1, 0.15) is 15.7 Å². The van der Waals surface area contributed by atoms with E-state index < -0.39 is 0 Å². The second-order valence-electron chi connectivity index (χ2n) is 6.35. The Bertz CT molecular complexity index is 947. The molecule has 1 saturated carbocycles. The van der Waals surface area contributed by atoms with E-state index in [4.69, 9.17) is 0 Å². The van der Waals surface area contributed by atoms with Gasteiger partial charge in [0.05, 0.1) is 17.8 Å². The third-order valence-electron chi connectivity index (χ3n) is 4.24. The zero-order valence-electron chi connectivity index (χ0n) is 14.3. The summed E-state index contributed by atoms with van der Waals surface area (Å²) >= 11 is 1.28. The number of carbonyl (C=O) groups is 1. The Morgan fingerprint density at radius 2 is 2.08 bits per heavy atom. The number of halogens is 1. The number of nitrogens with zero attached hydrogens (tertiary/aromatic N) is 5. The highest BCUT2D eigenvalue weighted by atomic mass is 32.1. The normalized spacial score (nSPS) is 15.0. The van der Waals surface area contributed by atoms with E-state index in [0.717, 1.165) is 18.4 Å². The molecule has 0 aliphatic heterocycles. The second kappa shape index (κ2) is 6.56.